The smallest absolute Gasteiger partial charge is 0.273 e. The summed E-state index contributed by atoms with van der Waals surface area (Å²) in [5, 5.41) is -0.325. The molecule has 32 heavy (non-hydrogen) atoms. The molecule has 1 N–H and O–H groups in total. The van der Waals surface area contributed by atoms with Crippen LogP contribution < -0.4 is 19.4 Å². The maximum atomic E-state index is 14.1. The van der Waals surface area contributed by atoms with Crippen molar-refractivity contribution >= 4 is 35.0 Å². The zero-order chi connectivity index (χ0) is 22.3. The van der Waals surface area contributed by atoms with E-state index in [1.165, 1.54) is 16.7 Å². The molecule has 2 aromatic carbocycles. The van der Waals surface area contributed by atoms with Gasteiger partial charge in [-0.1, -0.05) is 18.2 Å². The molecule has 1 spiro atoms. The van der Waals surface area contributed by atoms with Crippen molar-refractivity contribution in [2.75, 3.05) is 49.4 Å². The third-order valence-electron chi connectivity index (χ3n) is 6.31. The Kier molecular flexibility index (Phi) is 5.61. The minimum Gasteiger partial charge on any atom is -0.494 e. The summed E-state index contributed by atoms with van der Waals surface area (Å²) >= 11 is 1.44. The topological polar surface area (TPSA) is 63.5 Å². The molecule has 3 heterocycles. The van der Waals surface area contributed by atoms with Gasteiger partial charge in [-0.25, -0.2) is 0 Å². The Morgan fingerprint density at radius 1 is 1.12 bits per heavy atom. The fourth-order valence-electron chi connectivity index (χ4n) is 4.79. The van der Waals surface area contributed by atoms with Crippen LogP contribution in [0.5, 0.6) is 5.75 Å². The second-order valence-corrected chi connectivity index (χ2v) is 9.81. The minimum absolute atomic E-state index is 0.0470. The number of thioether (sulfide) groups is 1. The van der Waals surface area contributed by atoms with Gasteiger partial charge in [-0.05, 0) is 44.2 Å². The molecule has 2 atom stereocenters. The van der Waals surface area contributed by atoms with Gasteiger partial charge in [0.2, 0.25) is 10.8 Å². The Morgan fingerprint density at radius 2 is 1.84 bits per heavy atom. The average Bonchev–Trinajstić information content (AvgIpc) is 3.21. The molecular formula is C24H28N3O4S+. The molecule has 2 fully saturated rings. The highest BCUT2D eigenvalue weighted by Gasteiger charge is 2.63. The largest absolute Gasteiger partial charge is 0.494 e. The van der Waals surface area contributed by atoms with E-state index in [4.69, 9.17) is 9.47 Å². The molecule has 0 aliphatic carbocycles. The lowest BCUT2D eigenvalue weighted by Gasteiger charge is -2.34. The van der Waals surface area contributed by atoms with Crippen LogP contribution in [0.15, 0.2) is 48.5 Å². The Hall–Kier alpha value is -2.55. The van der Waals surface area contributed by atoms with Crippen LogP contribution in [0.3, 0.4) is 0 Å². The van der Waals surface area contributed by atoms with Crippen molar-refractivity contribution in [1.29, 1.82) is 0 Å². The number of amides is 2. The van der Waals surface area contributed by atoms with Crippen LogP contribution in [0, 0.1) is 0 Å². The van der Waals surface area contributed by atoms with E-state index >= 15 is 0 Å². The molecular weight excluding hydrogens is 426 g/mol. The number of benzene rings is 2. The molecule has 0 radical (unpaired) electrons. The third-order valence-corrected chi connectivity index (χ3v) is 7.79. The van der Waals surface area contributed by atoms with E-state index in [1.807, 2.05) is 67.3 Å². The predicted molar refractivity (Wildman–Crippen MR) is 124 cm³/mol. The first-order valence-corrected chi connectivity index (χ1v) is 12.0. The molecule has 0 unspecified atom stereocenters. The highest BCUT2D eigenvalue weighted by molar-refractivity contribution is 8.03. The van der Waals surface area contributed by atoms with Gasteiger partial charge in [0.15, 0.2) is 6.67 Å². The van der Waals surface area contributed by atoms with Crippen molar-refractivity contribution in [2.45, 2.75) is 24.0 Å². The van der Waals surface area contributed by atoms with Crippen molar-refractivity contribution < 1.29 is 24.0 Å². The lowest BCUT2D eigenvalue weighted by Crippen LogP contribution is -3.15. The molecule has 2 saturated heterocycles. The molecule has 0 bridgehead atoms. The number of carbonyl (C=O) groups is 2. The van der Waals surface area contributed by atoms with E-state index in [2.05, 4.69) is 0 Å². The first kappa shape index (κ1) is 21.3. The molecule has 2 aromatic rings. The summed E-state index contributed by atoms with van der Waals surface area (Å²) in [7, 11) is 0. The second kappa shape index (κ2) is 8.42. The number of nitrogens with one attached hydrogen (secondary N) is 1. The van der Waals surface area contributed by atoms with E-state index in [-0.39, 0.29) is 17.1 Å². The van der Waals surface area contributed by atoms with Crippen molar-refractivity contribution in [3.8, 4) is 5.75 Å². The summed E-state index contributed by atoms with van der Waals surface area (Å²) in [6, 6.07) is 15.3. The van der Waals surface area contributed by atoms with E-state index in [1.54, 1.807) is 4.90 Å². The number of carbonyl (C=O) groups excluding carboxylic acids is 2. The summed E-state index contributed by atoms with van der Waals surface area (Å²) in [5.41, 5.74) is 2.48. The van der Waals surface area contributed by atoms with Crippen LogP contribution in [0.4, 0.5) is 11.4 Å². The quantitative estimate of drug-likeness (QED) is 0.744. The normalized spacial score (nSPS) is 25.6. The molecule has 0 aromatic heterocycles. The van der Waals surface area contributed by atoms with Gasteiger partial charge in [0, 0.05) is 11.3 Å². The number of fused-ring (bicyclic) bond motifs is 2. The second-order valence-electron chi connectivity index (χ2n) is 8.28. The van der Waals surface area contributed by atoms with Gasteiger partial charge in [0.1, 0.15) is 18.8 Å². The number of hydrogen-bond acceptors (Lipinski definition) is 5. The fraction of sp³-hybridized carbons (Fsp3) is 0.417. The van der Waals surface area contributed by atoms with Crippen LogP contribution in [0.1, 0.15) is 19.4 Å². The van der Waals surface area contributed by atoms with Gasteiger partial charge in [0.25, 0.3) is 5.91 Å². The first-order chi connectivity index (χ1) is 15.6. The van der Waals surface area contributed by atoms with Crippen molar-refractivity contribution in [2.24, 2.45) is 0 Å². The third kappa shape index (κ3) is 3.29. The Balaban J connectivity index is 1.57. The SMILES string of the molecule is CCOc1ccc(N2C(=O)[C@@H](C)S[C@]23C(=O)N(C[NH+]2CCOCC2)c2ccccc23)cc1. The fourth-order valence-corrected chi connectivity index (χ4v) is 6.32. The molecule has 2 amide bonds. The number of ether oxygens (including phenoxy) is 2. The molecule has 0 saturated carbocycles. The maximum Gasteiger partial charge on any atom is 0.273 e. The van der Waals surface area contributed by atoms with Crippen LogP contribution in [-0.2, 0) is 19.2 Å². The first-order valence-electron chi connectivity index (χ1n) is 11.1. The summed E-state index contributed by atoms with van der Waals surface area (Å²) in [6.45, 7) is 8.09. The molecule has 5 rings (SSSR count). The van der Waals surface area contributed by atoms with Crippen LogP contribution in [-0.4, -0.2) is 56.6 Å². The lowest BCUT2D eigenvalue weighted by molar-refractivity contribution is -0.906. The molecule has 8 heteroatoms. The summed E-state index contributed by atoms with van der Waals surface area (Å²) in [4.78, 5) is 31.4. The molecule has 3 aliphatic rings. The highest BCUT2D eigenvalue weighted by atomic mass is 32.2. The zero-order valence-corrected chi connectivity index (χ0v) is 19.2. The van der Waals surface area contributed by atoms with Crippen LogP contribution in [0.2, 0.25) is 0 Å². The Morgan fingerprint density at radius 3 is 2.56 bits per heavy atom. The highest BCUT2D eigenvalue weighted by Crippen LogP contribution is 2.57. The molecule has 7 nitrogen and oxygen atoms in total. The standard InChI is InChI=1S/C24H27N3O4S/c1-3-31-19-10-8-18(9-11-19)27-22(28)17(2)32-24(27)20-6-4-5-7-21(20)26(23(24)29)16-25-12-14-30-15-13-25/h4-11,17H,3,12-16H2,1-2H3/p+1/t17-,24-/m1/s1. The number of quaternary nitrogens is 1. The number of rotatable bonds is 5. The Bertz CT molecular complexity index is 1020. The van der Waals surface area contributed by atoms with Crippen LogP contribution >= 0.6 is 11.8 Å². The zero-order valence-electron chi connectivity index (χ0n) is 18.4. The Labute approximate surface area is 192 Å². The van der Waals surface area contributed by atoms with Gasteiger partial charge in [-0.3, -0.25) is 19.4 Å². The minimum atomic E-state index is -1.09. The van der Waals surface area contributed by atoms with Gasteiger partial charge in [-0.15, -0.1) is 11.8 Å². The number of para-hydroxylation sites is 1. The van der Waals surface area contributed by atoms with E-state index < -0.39 is 4.87 Å². The van der Waals surface area contributed by atoms with Crippen molar-refractivity contribution in [1.82, 2.24) is 0 Å². The summed E-state index contributed by atoms with van der Waals surface area (Å²) in [6.07, 6.45) is 0. The van der Waals surface area contributed by atoms with E-state index in [0.29, 0.717) is 32.2 Å². The number of nitrogens with zero attached hydrogens (tertiary/aromatic N) is 2. The van der Waals surface area contributed by atoms with Gasteiger partial charge in [0.05, 0.1) is 30.8 Å². The van der Waals surface area contributed by atoms with Gasteiger partial charge in [-0.2, -0.15) is 0 Å². The number of anilines is 2. The van der Waals surface area contributed by atoms with Crippen molar-refractivity contribution in [3.63, 3.8) is 0 Å². The maximum absolute atomic E-state index is 14.1. The van der Waals surface area contributed by atoms with Gasteiger partial charge < -0.3 is 14.4 Å². The van der Waals surface area contributed by atoms with E-state index in [0.717, 1.165) is 30.1 Å². The van der Waals surface area contributed by atoms with E-state index in [9.17, 15) is 9.59 Å². The summed E-state index contributed by atoms with van der Waals surface area (Å²) in [5.74, 6) is 0.644. The number of morpholine rings is 1. The van der Waals surface area contributed by atoms with Gasteiger partial charge >= 0.3 is 0 Å². The average molecular weight is 455 g/mol. The van der Waals surface area contributed by atoms with Crippen LogP contribution in [0.25, 0.3) is 0 Å². The predicted octanol–water partition coefficient (Wildman–Crippen LogP) is 1.63. The molecule has 3 aliphatic heterocycles. The monoisotopic (exact) mass is 454 g/mol. The summed E-state index contributed by atoms with van der Waals surface area (Å²) < 4.78 is 11.1. The van der Waals surface area contributed by atoms with Crippen molar-refractivity contribution in [3.05, 3.63) is 54.1 Å². The lowest BCUT2D eigenvalue weighted by atomic mass is 10.0. The molecule has 168 valence electrons. The number of hydrogen-bond donors (Lipinski definition) is 1.